The SMILES string of the molecule is O=C(CCC/C=C\C[C@@H]1[C@@H](/C=C/[C@@H](O)COc2cccc(C(F)(F)F)c2)[C@H](O)C[C@@H]1O)NCC(=O)Oc1cccc(CO[N+](=O)[O-])c1. The van der Waals surface area contributed by atoms with Crippen molar-refractivity contribution in [1.29, 1.82) is 0 Å². The molecule has 1 aliphatic rings. The number of allylic oxidation sites excluding steroid dienone is 2. The van der Waals surface area contributed by atoms with E-state index in [0.717, 1.165) is 12.1 Å². The number of ether oxygens (including phenoxy) is 2. The van der Waals surface area contributed by atoms with Gasteiger partial charge in [0.15, 0.2) is 0 Å². The van der Waals surface area contributed by atoms with Gasteiger partial charge in [-0.25, -0.2) is 4.79 Å². The molecule has 1 aliphatic carbocycles. The van der Waals surface area contributed by atoms with Crippen LogP contribution < -0.4 is 14.8 Å². The number of hydrogen-bond donors (Lipinski definition) is 4. The van der Waals surface area contributed by atoms with Gasteiger partial charge in [-0.2, -0.15) is 13.2 Å². The zero-order chi connectivity index (χ0) is 34.4. The van der Waals surface area contributed by atoms with E-state index in [4.69, 9.17) is 9.47 Å². The van der Waals surface area contributed by atoms with E-state index in [1.807, 2.05) is 12.2 Å². The lowest BCUT2D eigenvalue weighted by molar-refractivity contribution is -0.763. The van der Waals surface area contributed by atoms with Gasteiger partial charge < -0.3 is 34.9 Å². The lowest BCUT2D eigenvalue weighted by atomic mass is 9.89. The molecule has 12 nitrogen and oxygen atoms in total. The summed E-state index contributed by atoms with van der Waals surface area (Å²) in [6.45, 7) is -0.977. The number of esters is 1. The highest BCUT2D eigenvalue weighted by Gasteiger charge is 2.39. The number of nitrogens with zero attached hydrogens (tertiary/aromatic N) is 1. The molecule has 0 aromatic heterocycles. The summed E-state index contributed by atoms with van der Waals surface area (Å²) in [6.07, 6.45) is 1.04. The third-order valence-electron chi connectivity index (χ3n) is 7.30. The average Bonchev–Trinajstić information content (AvgIpc) is 3.29. The van der Waals surface area contributed by atoms with Gasteiger partial charge >= 0.3 is 12.1 Å². The Bertz CT molecular complexity index is 1400. The number of amides is 1. The molecule has 4 N–H and O–H groups in total. The number of hydrogen-bond acceptors (Lipinski definition) is 10. The molecule has 3 rings (SSSR count). The van der Waals surface area contributed by atoms with E-state index in [-0.39, 0.29) is 55.9 Å². The molecule has 1 amide bonds. The molecule has 0 radical (unpaired) electrons. The summed E-state index contributed by atoms with van der Waals surface area (Å²) in [7, 11) is 0. The van der Waals surface area contributed by atoms with E-state index in [1.165, 1.54) is 36.4 Å². The zero-order valence-corrected chi connectivity index (χ0v) is 25.3. The number of halogens is 3. The van der Waals surface area contributed by atoms with Gasteiger partial charge in [0.1, 0.15) is 37.4 Å². The van der Waals surface area contributed by atoms with E-state index < -0.39 is 47.0 Å². The van der Waals surface area contributed by atoms with Gasteiger partial charge in [0.2, 0.25) is 5.91 Å². The molecule has 0 heterocycles. The molecule has 1 saturated carbocycles. The number of benzene rings is 2. The minimum absolute atomic E-state index is 0.0466. The summed E-state index contributed by atoms with van der Waals surface area (Å²) in [5.74, 6) is -1.80. The highest BCUT2D eigenvalue weighted by atomic mass is 19.4. The molecular weight excluding hydrogens is 629 g/mol. The minimum atomic E-state index is -4.52. The fraction of sp³-hybridized carbons (Fsp3) is 0.438. The second-order valence-corrected chi connectivity index (χ2v) is 10.9. The summed E-state index contributed by atoms with van der Waals surface area (Å²) < 4.78 is 49.1. The molecule has 0 aliphatic heterocycles. The fourth-order valence-electron chi connectivity index (χ4n) is 4.97. The van der Waals surface area contributed by atoms with Crippen LogP contribution in [0.15, 0.2) is 72.8 Å². The molecular formula is C32H37F3N2O10. The second kappa shape index (κ2) is 18.0. The monoisotopic (exact) mass is 666 g/mol. The fourth-order valence-corrected chi connectivity index (χ4v) is 4.97. The van der Waals surface area contributed by atoms with Crippen LogP contribution in [-0.2, 0) is 27.2 Å². The Labute approximate surface area is 268 Å². The number of alkyl halides is 3. The number of aliphatic hydroxyl groups is 3. The van der Waals surface area contributed by atoms with E-state index in [0.29, 0.717) is 24.8 Å². The van der Waals surface area contributed by atoms with Crippen molar-refractivity contribution in [2.24, 2.45) is 11.8 Å². The van der Waals surface area contributed by atoms with E-state index in [9.17, 15) is 48.2 Å². The van der Waals surface area contributed by atoms with Crippen molar-refractivity contribution < 1.29 is 57.5 Å². The average molecular weight is 667 g/mol. The highest BCUT2D eigenvalue weighted by Crippen LogP contribution is 2.36. The number of aliphatic hydroxyl groups excluding tert-OH is 3. The Kier molecular flexibility index (Phi) is 14.2. The smallest absolute Gasteiger partial charge is 0.416 e. The third kappa shape index (κ3) is 13.0. The first-order valence-electron chi connectivity index (χ1n) is 14.8. The summed E-state index contributed by atoms with van der Waals surface area (Å²) in [5.41, 5.74) is -0.444. The van der Waals surface area contributed by atoms with Gasteiger partial charge in [0, 0.05) is 18.8 Å². The molecule has 0 spiro atoms. The molecule has 47 heavy (non-hydrogen) atoms. The molecule has 15 heteroatoms. The van der Waals surface area contributed by atoms with Crippen LogP contribution in [-0.4, -0.2) is 63.7 Å². The zero-order valence-electron chi connectivity index (χ0n) is 25.3. The standard InChI is InChI=1S/C32H37F3N2O10/c33-32(34,35)22-8-6-9-24(16-22)45-20-23(38)13-14-27-26(28(39)17-29(27)40)11-3-1-2-4-12-30(41)36-18-31(42)47-25-10-5-7-21(15-25)19-46-37(43)44/h1,3,5-10,13-16,23,26-29,38-40H,2,4,11-12,17-20H2,(H,36,41)/b3-1-,14-13+/t23-,26-,27-,28+,29-/m1/s1. The highest BCUT2D eigenvalue weighted by molar-refractivity contribution is 5.82. The quantitative estimate of drug-likeness (QED) is 0.0484. The van der Waals surface area contributed by atoms with Gasteiger partial charge in [0.25, 0.3) is 5.09 Å². The van der Waals surface area contributed by atoms with Crippen LogP contribution in [0.4, 0.5) is 13.2 Å². The van der Waals surface area contributed by atoms with Crippen LogP contribution in [0, 0.1) is 22.0 Å². The van der Waals surface area contributed by atoms with Gasteiger partial charge in [-0.3, -0.25) is 4.79 Å². The maximum atomic E-state index is 12.9. The minimum Gasteiger partial charge on any atom is -0.491 e. The Balaban J connectivity index is 1.35. The van der Waals surface area contributed by atoms with Gasteiger partial charge in [0.05, 0.1) is 17.8 Å². The Hall–Kier alpha value is -4.47. The van der Waals surface area contributed by atoms with Crippen LogP contribution in [0.1, 0.15) is 43.2 Å². The topological polar surface area (TPSA) is 178 Å². The predicted octanol–water partition coefficient (Wildman–Crippen LogP) is 3.91. The summed E-state index contributed by atoms with van der Waals surface area (Å²) in [5, 5.41) is 43.0. The number of carbonyl (C=O) groups is 2. The summed E-state index contributed by atoms with van der Waals surface area (Å²) in [4.78, 5) is 38.7. The third-order valence-corrected chi connectivity index (χ3v) is 7.30. The van der Waals surface area contributed by atoms with Crippen molar-refractivity contribution >= 4 is 11.9 Å². The van der Waals surface area contributed by atoms with Crippen molar-refractivity contribution in [3.63, 3.8) is 0 Å². The van der Waals surface area contributed by atoms with E-state index >= 15 is 0 Å². The van der Waals surface area contributed by atoms with Crippen LogP contribution in [0.25, 0.3) is 0 Å². The Morgan fingerprint density at radius 2 is 1.83 bits per heavy atom. The lowest BCUT2D eigenvalue weighted by Gasteiger charge is -2.19. The van der Waals surface area contributed by atoms with Crippen molar-refractivity contribution in [2.75, 3.05) is 13.2 Å². The molecule has 0 saturated heterocycles. The summed E-state index contributed by atoms with van der Waals surface area (Å²) in [6, 6.07) is 10.3. The van der Waals surface area contributed by atoms with Gasteiger partial charge in [-0.1, -0.05) is 42.5 Å². The Morgan fingerprint density at radius 3 is 2.57 bits per heavy atom. The number of nitrogens with one attached hydrogen (secondary N) is 1. The van der Waals surface area contributed by atoms with Crippen molar-refractivity contribution in [3.05, 3.63) is 94.1 Å². The Morgan fingerprint density at radius 1 is 1.09 bits per heavy atom. The van der Waals surface area contributed by atoms with Crippen LogP contribution in [0.2, 0.25) is 0 Å². The largest absolute Gasteiger partial charge is 0.491 e. The summed E-state index contributed by atoms with van der Waals surface area (Å²) >= 11 is 0. The van der Waals surface area contributed by atoms with Gasteiger partial charge in [-0.15, -0.1) is 10.1 Å². The lowest BCUT2D eigenvalue weighted by Crippen LogP contribution is -2.31. The number of carbonyl (C=O) groups excluding carboxylic acids is 2. The number of rotatable bonds is 17. The number of unbranched alkanes of at least 4 members (excludes halogenated alkanes) is 1. The molecule has 0 unspecified atom stereocenters. The van der Waals surface area contributed by atoms with E-state index in [2.05, 4.69) is 10.2 Å². The van der Waals surface area contributed by atoms with Crippen molar-refractivity contribution in [2.45, 2.75) is 63.2 Å². The van der Waals surface area contributed by atoms with Gasteiger partial charge in [-0.05, 0) is 61.1 Å². The van der Waals surface area contributed by atoms with E-state index in [1.54, 1.807) is 12.1 Å². The molecule has 2 aromatic carbocycles. The molecule has 5 atom stereocenters. The van der Waals surface area contributed by atoms with Crippen molar-refractivity contribution in [3.8, 4) is 11.5 Å². The molecule has 0 bridgehead atoms. The van der Waals surface area contributed by atoms with Crippen molar-refractivity contribution in [1.82, 2.24) is 5.32 Å². The first-order chi connectivity index (χ1) is 22.3. The normalized spacial score (nSPS) is 20.3. The first-order valence-corrected chi connectivity index (χ1v) is 14.8. The second-order valence-electron chi connectivity index (χ2n) is 10.9. The van der Waals surface area contributed by atoms with Crippen LogP contribution in [0.5, 0.6) is 11.5 Å². The van der Waals surface area contributed by atoms with Crippen LogP contribution in [0.3, 0.4) is 0 Å². The first kappa shape index (κ1) is 37.0. The molecule has 256 valence electrons. The molecule has 1 fully saturated rings. The predicted molar refractivity (Wildman–Crippen MR) is 160 cm³/mol. The maximum Gasteiger partial charge on any atom is 0.416 e. The molecule has 2 aromatic rings. The van der Waals surface area contributed by atoms with Crippen LogP contribution >= 0.6 is 0 Å². The maximum absolute atomic E-state index is 12.9.